The van der Waals surface area contributed by atoms with Crippen LogP contribution in [0.25, 0.3) is 10.9 Å². The summed E-state index contributed by atoms with van der Waals surface area (Å²) in [6, 6.07) is 9.82. The highest BCUT2D eigenvalue weighted by Crippen LogP contribution is 2.18. The van der Waals surface area contributed by atoms with Crippen molar-refractivity contribution in [3.8, 4) is 5.75 Å². The van der Waals surface area contributed by atoms with E-state index in [1.807, 2.05) is 30.3 Å². The molecule has 0 unspecified atom stereocenters. The van der Waals surface area contributed by atoms with E-state index in [1.54, 1.807) is 6.20 Å². The summed E-state index contributed by atoms with van der Waals surface area (Å²) in [5.74, 6) is 0.836. The van der Waals surface area contributed by atoms with Crippen molar-refractivity contribution >= 4 is 26.8 Å². The minimum absolute atomic E-state index is 0.505. The van der Waals surface area contributed by atoms with Crippen LogP contribution < -0.4 is 4.74 Å². The van der Waals surface area contributed by atoms with Gasteiger partial charge in [-0.15, -0.1) is 0 Å². The number of benzene rings is 1. The SMILES string of the molecule is BrCOc1ccc2cccnc2c1. The normalized spacial score (nSPS) is 10.2. The average Bonchev–Trinajstić information content (AvgIpc) is 2.18. The van der Waals surface area contributed by atoms with Crippen LogP contribution in [0.15, 0.2) is 36.5 Å². The molecular formula is C10H8BrNO. The van der Waals surface area contributed by atoms with Gasteiger partial charge in [0.15, 0.2) is 0 Å². The van der Waals surface area contributed by atoms with E-state index in [2.05, 4.69) is 20.9 Å². The fourth-order valence-electron chi connectivity index (χ4n) is 1.20. The van der Waals surface area contributed by atoms with E-state index in [0.717, 1.165) is 16.7 Å². The second kappa shape index (κ2) is 3.75. The van der Waals surface area contributed by atoms with Crippen molar-refractivity contribution in [1.29, 1.82) is 0 Å². The highest BCUT2D eigenvalue weighted by molar-refractivity contribution is 9.09. The molecule has 13 heavy (non-hydrogen) atoms. The van der Waals surface area contributed by atoms with E-state index in [-0.39, 0.29) is 0 Å². The maximum atomic E-state index is 5.29. The van der Waals surface area contributed by atoms with Crippen LogP contribution in [0.1, 0.15) is 0 Å². The zero-order chi connectivity index (χ0) is 9.10. The van der Waals surface area contributed by atoms with Crippen LogP contribution in [0.5, 0.6) is 5.75 Å². The Hall–Kier alpha value is -1.09. The summed E-state index contributed by atoms with van der Waals surface area (Å²) in [6.07, 6.45) is 1.78. The molecule has 0 atom stereocenters. The van der Waals surface area contributed by atoms with E-state index in [4.69, 9.17) is 4.74 Å². The molecule has 0 fully saturated rings. The zero-order valence-corrected chi connectivity index (χ0v) is 8.49. The molecule has 1 aromatic heterocycles. The number of pyridine rings is 1. The topological polar surface area (TPSA) is 22.1 Å². The van der Waals surface area contributed by atoms with E-state index >= 15 is 0 Å². The van der Waals surface area contributed by atoms with Crippen molar-refractivity contribution in [2.75, 3.05) is 5.52 Å². The summed E-state index contributed by atoms with van der Waals surface area (Å²) in [6.45, 7) is 0. The molecule has 0 saturated carbocycles. The first-order valence-electron chi connectivity index (χ1n) is 3.94. The number of aromatic nitrogens is 1. The Morgan fingerprint density at radius 2 is 2.23 bits per heavy atom. The van der Waals surface area contributed by atoms with Gasteiger partial charge in [0.1, 0.15) is 11.3 Å². The largest absolute Gasteiger partial charge is 0.482 e. The van der Waals surface area contributed by atoms with Crippen LogP contribution in [-0.2, 0) is 0 Å². The molecule has 2 aromatic rings. The fraction of sp³-hybridized carbons (Fsp3) is 0.100. The van der Waals surface area contributed by atoms with Gasteiger partial charge in [0.2, 0.25) is 0 Å². The molecule has 0 amide bonds. The van der Waals surface area contributed by atoms with Crippen LogP contribution in [0.4, 0.5) is 0 Å². The first-order chi connectivity index (χ1) is 6.40. The quantitative estimate of drug-likeness (QED) is 0.750. The third-order valence-corrected chi connectivity index (χ3v) is 2.03. The van der Waals surface area contributed by atoms with Gasteiger partial charge >= 0.3 is 0 Å². The molecule has 0 spiro atoms. The monoisotopic (exact) mass is 237 g/mol. The fourth-order valence-corrected chi connectivity index (χ4v) is 1.46. The Labute approximate surface area is 84.7 Å². The summed E-state index contributed by atoms with van der Waals surface area (Å²) in [5.41, 5.74) is 1.46. The molecule has 2 nitrogen and oxygen atoms in total. The Morgan fingerprint density at radius 1 is 1.31 bits per heavy atom. The molecule has 66 valence electrons. The lowest BCUT2D eigenvalue weighted by molar-refractivity contribution is 0.398. The van der Waals surface area contributed by atoms with Crippen LogP contribution in [0.2, 0.25) is 0 Å². The average molecular weight is 238 g/mol. The number of hydrogen-bond donors (Lipinski definition) is 0. The van der Waals surface area contributed by atoms with Crippen LogP contribution in [0.3, 0.4) is 0 Å². The predicted octanol–water partition coefficient (Wildman–Crippen LogP) is 2.97. The Balaban J connectivity index is 2.49. The standard InChI is InChI=1S/C10H8BrNO/c11-7-13-9-4-3-8-2-1-5-12-10(8)6-9/h1-6H,7H2. The molecule has 0 aliphatic rings. The number of ether oxygens (including phenoxy) is 1. The van der Waals surface area contributed by atoms with Gasteiger partial charge in [-0.05, 0) is 34.1 Å². The van der Waals surface area contributed by atoms with Crippen molar-refractivity contribution < 1.29 is 4.74 Å². The van der Waals surface area contributed by atoms with E-state index in [9.17, 15) is 0 Å². The first kappa shape index (κ1) is 8.51. The summed E-state index contributed by atoms with van der Waals surface area (Å²) < 4.78 is 5.29. The molecule has 1 heterocycles. The second-order valence-corrected chi connectivity index (χ2v) is 3.07. The lowest BCUT2D eigenvalue weighted by atomic mass is 10.2. The summed E-state index contributed by atoms with van der Waals surface area (Å²) in [4.78, 5) is 4.23. The molecule has 2 rings (SSSR count). The van der Waals surface area contributed by atoms with Gasteiger partial charge < -0.3 is 4.74 Å². The predicted molar refractivity (Wildman–Crippen MR) is 56.2 cm³/mol. The lowest BCUT2D eigenvalue weighted by Crippen LogP contribution is -1.88. The summed E-state index contributed by atoms with van der Waals surface area (Å²) >= 11 is 3.21. The maximum Gasteiger partial charge on any atom is 0.143 e. The van der Waals surface area contributed by atoms with Gasteiger partial charge in [-0.2, -0.15) is 0 Å². The third-order valence-electron chi connectivity index (χ3n) is 1.80. The van der Waals surface area contributed by atoms with Crippen molar-refractivity contribution in [3.63, 3.8) is 0 Å². The summed E-state index contributed by atoms with van der Waals surface area (Å²) in [5, 5.41) is 1.13. The molecule has 0 radical (unpaired) electrons. The van der Waals surface area contributed by atoms with Crippen molar-refractivity contribution in [2.24, 2.45) is 0 Å². The van der Waals surface area contributed by atoms with Gasteiger partial charge in [-0.1, -0.05) is 6.07 Å². The first-order valence-corrected chi connectivity index (χ1v) is 5.06. The number of fused-ring (bicyclic) bond motifs is 1. The highest BCUT2D eigenvalue weighted by atomic mass is 79.9. The highest BCUT2D eigenvalue weighted by Gasteiger charge is 1.96. The molecular weight excluding hydrogens is 230 g/mol. The number of rotatable bonds is 2. The Bertz CT molecular complexity index is 416. The Kier molecular flexibility index (Phi) is 2.45. The van der Waals surface area contributed by atoms with Crippen molar-refractivity contribution in [2.45, 2.75) is 0 Å². The number of halogens is 1. The molecule has 0 N–H and O–H groups in total. The zero-order valence-electron chi connectivity index (χ0n) is 6.90. The molecule has 1 aromatic carbocycles. The number of alkyl halides is 1. The van der Waals surface area contributed by atoms with Crippen molar-refractivity contribution in [1.82, 2.24) is 4.98 Å². The molecule has 0 saturated heterocycles. The van der Waals surface area contributed by atoms with Gasteiger partial charge in [-0.3, -0.25) is 4.98 Å². The van der Waals surface area contributed by atoms with Gasteiger partial charge in [0.05, 0.1) is 5.52 Å². The van der Waals surface area contributed by atoms with Crippen LogP contribution >= 0.6 is 15.9 Å². The van der Waals surface area contributed by atoms with Gasteiger partial charge in [0, 0.05) is 17.6 Å². The lowest BCUT2D eigenvalue weighted by Gasteiger charge is -2.02. The maximum absolute atomic E-state index is 5.29. The minimum atomic E-state index is 0.505. The third kappa shape index (κ3) is 1.80. The number of hydrogen-bond acceptors (Lipinski definition) is 2. The summed E-state index contributed by atoms with van der Waals surface area (Å²) in [7, 11) is 0. The van der Waals surface area contributed by atoms with Crippen LogP contribution in [-0.4, -0.2) is 10.5 Å². The molecule has 0 aliphatic heterocycles. The van der Waals surface area contributed by atoms with Crippen molar-refractivity contribution in [3.05, 3.63) is 36.5 Å². The minimum Gasteiger partial charge on any atom is -0.482 e. The van der Waals surface area contributed by atoms with Gasteiger partial charge in [-0.25, -0.2) is 0 Å². The smallest absolute Gasteiger partial charge is 0.143 e. The number of nitrogens with zero attached hydrogens (tertiary/aromatic N) is 1. The van der Waals surface area contributed by atoms with E-state index in [1.165, 1.54) is 0 Å². The second-order valence-electron chi connectivity index (χ2n) is 2.61. The molecule has 3 heteroatoms. The molecule has 0 bridgehead atoms. The molecule has 0 aliphatic carbocycles. The van der Waals surface area contributed by atoms with E-state index < -0.39 is 0 Å². The Morgan fingerprint density at radius 3 is 3.08 bits per heavy atom. The van der Waals surface area contributed by atoms with Gasteiger partial charge in [0.25, 0.3) is 0 Å². The van der Waals surface area contributed by atoms with Crippen LogP contribution in [0, 0.1) is 0 Å². The van der Waals surface area contributed by atoms with E-state index in [0.29, 0.717) is 5.52 Å².